The lowest BCUT2D eigenvalue weighted by Gasteiger charge is -2.57. The molecule has 0 aliphatic carbocycles. The fourth-order valence-electron chi connectivity index (χ4n) is 7.61. The van der Waals surface area contributed by atoms with E-state index in [2.05, 4.69) is 85.4 Å². The standard InChI is InChI=1S/C33H52N2O4/c1-29(2)19-24(20-30(3,4)34(29)9)26(25-21-31(5,6)35(10)32(7,8)22-25)16-17-33(27(36)37,28(38)39)18-23-14-12-11-13-15-23/h11-16,24-25H,17-22H2,1-10H3,(H,36,37)(H,38,39). The highest BCUT2D eigenvalue weighted by atomic mass is 16.4. The van der Waals surface area contributed by atoms with Crippen LogP contribution in [0.1, 0.15) is 93.1 Å². The fourth-order valence-corrected chi connectivity index (χ4v) is 7.61. The molecule has 0 amide bonds. The predicted molar refractivity (Wildman–Crippen MR) is 158 cm³/mol. The molecule has 0 spiro atoms. The average molecular weight is 541 g/mol. The SMILES string of the molecule is CN1C(C)(C)CC(C(=CCC(Cc2ccccc2)(C(=O)O)C(=O)O)C2CC(C)(C)N(C)C(C)(C)C2)CC1(C)C. The van der Waals surface area contributed by atoms with Crippen molar-refractivity contribution in [1.29, 1.82) is 0 Å². The van der Waals surface area contributed by atoms with Crippen molar-refractivity contribution >= 4 is 11.9 Å². The van der Waals surface area contributed by atoms with Crippen LogP contribution in [0.2, 0.25) is 0 Å². The third-order valence-electron chi connectivity index (χ3n) is 10.4. The molecule has 0 saturated carbocycles. The normalized spacial score (nSPS) is 23.7. The molecule has 0 radical (unpaired) electrons. The molecular weight excluding hydrogens is 488 g/mol. The highest BCUT2D eigenvalue weighted by Gasteiger charge is 2.50. The predicted octanol–water partition coefficient (Wildman–Crippen LogP) is 6.50. The van der Waals surface area contributed by atoms with Crippen LogP contribution in [-0.2, 0) is 16.0 Å². The van der Waals surface area contributed by atoms with Crippen LogP contribution in [0.15, 0.2) is 42.0 Å². The minimum atomic E-state index is -1.92. The third kappa shape index (κ3) is 6.27. The summed E-state index contributed by atoms with van der Waals surface area (Å²) in [5.74, 6) is -2.04. The van der Waals surface area contributed by atoms with Crippen LogP contribution in [0.25, 0.3) is 0 Å². The highest BCUT2D eigenvalue weighted by Crippen LogP contribution is 2.50. The molecule has 1 aromatic carbocycles. The second-order valence-electron chi connectivity index (χ2n) is 14.8. The zero-order chi connectivity index (χ0) is 29.6. The number of allylic oxidation sites excluding steroid dienone is 2. The van der Waals surface area contributed by atoms with Gasteiger partial charge in [0.2, 0.25) is 0 Å². The Balaban J connectivity index is 2.13. The largest absolute Gasteiger partial charge is 0.480 e. The Labute approximate surface area is 236 Å². The van der Waals surface area contributed by atoms with E-state index < -0.39 is 17.4 Å². The summed E-state index contributed by atoms with van der Waals surface area (Å²) < 4.78 is 0. The Hall–Kier alpha value is -2.18. The number of rotatable bonds is 8. The van der Waals surface area contributed by atoms with E-state index in [1.54, 1.807) is 0 Å². The van der Waals surface area contributed by atoms with Crippen molar-refractivity contribution in [1.82, 2.24) is 9.80 Å². The maximum absolute atomic E-state index is 12.7. The molecule has 2 saturated heterocycles. The van der Waals surface area contributed by atoms with Gasteiger partial charge in [0.1, 0.15) is 0 Å². The van der Waals surface area contributed by atoms with E-state index in [4.69, 9.17) is 0 Å². The molecule has 6 heteroatoms. The highest BCUT2D eigenvalue weighted by molar-refractivity contribution is 5.98. The monoisotopic (exact) mass is 540 g/mol. The van der Waals surface area contributed by atoms with E-state index in [1.165, 1.54) is 5.57 Å². The summed E-state index contributed by atoms with van der Waals surface area (Å²) in [4.78, 5) is 30.3. The Bertz CT molecular complexity index is 992. The van der Waals surface area contributed by atoms with Gasteiger partial charge in [0.05, 0.1) is 0 Å². The molecule has 0 unspecified atom stereocenters. The first kappa shape index (κ1) is 31.3. The number of benzene rings is 1. The first-order chi connectivity index (χ1) is 17.8. The summed E-state index contributed by atoms with van der Waals surface area (Å²) in [7, 11) is 4.39. The molecule has 2 heterocycles. The van der Waals surface area contributed by atoms with E-state index in [0.29, 0.717) is 0 Å². The molecule has 1 aromatic rings. The molecule has 0 atom stereocenters. The number of carbonyl (C=O) groups is 2. The number of carboxylic acid groups (broad SMARTS) is 2. The van der Waals surface area contributed by atoms with Gasteiger partial charge in [0.15, 0.2) is 5.41 Å². The number of hydrogen-bond acceptors (Lipinski definition) is 4. The molecule has 6 nitrogen and oxygen atoms in total. The van der Waals surface area contributed by atoms with Crippen LogP contribution >= 0.6 is 0 Å². The van der Waals surface area contributed by atoms with Crippen molar-refractivity contribution in [3.05, 3.63) is 47.5 Å². The number of piperidine rings is 2. The summed E-state index contributed by atoms with van der Waals surface area (Å²) in [5, 5.41) is 20.7. The second-order valence-corrected chi connectivity index (χ2v) is 14.8. The van der Waals surface area contributed by atoms with E-state index in [1.807, 2.05) is 30.3 Å². The van der Waals surface area contributed by atoms with Gasteiger partial charge in [-0.2, -0.15) is 0 Å². The lowest BCUT2D eigenvalue weighted by Crippen LogP contribution is -2.60. The molecule has 218 valence electrons. The smallest absolute Gasteiger partial charge is 0.321 e. The summed E-state index contributed by atoms with van der Waals surface area (Å²) >= 11 is 0. The molecule has 2 aliphatic rings. The summed E-state index contributed by atoms with van der Waals surface area (Å²) in [6, 6.07) is 9.15. The van der Waals surface area contributed by atoms with Crippen LogP contribution in [0, 0.1) is 17.3 Å². The zero-order valence-electron chi connectivity index (χ0n) is 26.0. The van der Waals surface area contributed by atoms with Gasteiger partial charge in [0.25, 0.3) is 0 Å². The van der Waals surface area contributed by atoms with Gasteiger partial charge in [0, 0.05) is 22.2 Å². The van der Waals surface area contributed by atoms with Crippen molar-refractivity contribution in [2.24, 2.45) is 17.3 Å². The molecular formula is C33H52N2O4. The fraction of sp³-hybridized carbons (Fsp3) is 0.697. The molecule has 39 heavy (non-hydrogen) atoms. The molecule has 2 fully saturated rings. The number of nitrogens with zero attached hydrogens (tertiary/aromatic N) is 2. The summed E-state index contributed by atoms with van der Waals surface area (Å²) in [6.07, 6.45) is 5.81. The van der Waals surface area contributed by atoms with Gasteiger partial charge >= 0.3 is 11.9 Å². The van der Waals surface area contributed by atoms with Crippen LogP contribution in [0.4, 0.5) is 0 Å². The zero-order valence-corrected chi connectivity index (χ0v) is 26.0. The van der Waals surface area contributed by atoms with E-state index in [-0.39, 0.29) is 46.8 Å². The summed E-state index contributed by atoms with van der Waals surface area (Å²) in [5.41, 5.74) is -0.0879. The van der Waals surface area contributed by atoms with Crippen LogP contribution in [0.5, 0.6) is 0 Å². The summed E-state index contributed by atoms with van der Waals surface area (Å²) in [6.45, 7) is 18.3. The lowest BCUT2D eigenvalue weighted by atomic mass is 9.63. The molecule has 2 N–H and O–H groups in total. The topological polar surface area (TPSA) is 81.1 Å². The maximum Gasteiger partial charge on any atom is 0.321 e. The second kappa shape index (κ2) is 10.7. The average Bonchev–Trinajstić information content (AvgIpc) is 2.80. The van der Waals surface area contributed by atoms with Gasteiger partial charge in [-0.05, 0) is 125 Å². The van der Waals surface area contributed by atoms with Crippen molar-refractivity contribution in [2.45, 2.75) is 116 Å². The van der Waals surface area contributed by atoms with Crippen molar-refractivity contribution < 1.29 is 19.8 Å². The van der Waals surface area contributed by atoms with Gasteiger partial charge < -0.3 is 10.2 Å². The lowest BCUT2D eigenvalue weighted by molar-refractivity contribution is -0.164. The Morgan fingerprint density at radius 2 is 1.13 bits per heavy atom. The quantitative estimate of drug-likeness (QED) is 0.289. The van der Waals surface area contributed by atoms with E-state index in [0.717, 1.165) is 31.2 Å². The van der Waals surface area contributed by atoms with Crippen LogP contribution in [0.3, 0.4) is 0 Å². The van der Waals surface area contributed by atoms with Crippen molar-refractivity contribution in [2.75, 3.05) is 14.1 Å². The number of aliphatic carboxylic acids is 2. The van der Waals surface area contributed by atoms with Gasteiger partial charge in [-0.25, -0.2) is 0 Å². The van der Waals surface area contributed by atoms with Gasteiger partial charge in [-0.15, -0.1) is 0 Å². The Morgan fingerprint density at radius 3 is 1.46 bits per heavy atom. The minimum Gasteiger partial charge on any atom is -0.480 e. The Kier molecular flexibility index (Phi) is 8.57. The molecule has 0 bridgehead atoms. The first-order valence-electron chi connectivity index (χ1n) is 14.4. The van der Waals surface area contributed by atoms with Crippen LogP contribution < -0.4 is 0 Å². The van der Waals surface area contributed by atoms with Gasteiger partial charge in [-0.1, -0.05) is 42.0 Å². The molecule has 0 aromatic heterocycles. The van der Waals surface area contributed by atoms with Crippen molar-refractivity contribution in [3.8, 4) is 0 Å². The van der Waals surface area contributed by atoms with Crippen LogP contribution in [-0.4, -0.2) is 68.2 Å². The van der Waals surface area contributed by atoms with E-state index >= 15 is 0 Å². The third-order valence-corrected chi connectivity index (χ3v) is 10.4. The van der Waals surface area contributed by atoms with Crippen molar-refractivity contribution in [3.63, 3.8) is 0 Å². The first-order valence-corrected chi connectivity index (χ1v) is 14.4. The van der Waals surface area contributed by atoms with Gasteiger partial charge in [-0.3, -0.25) is 19.4 Å². The number of likely N-dealkylation sites (tertiary alicyclic amines) is 2. The molecule has 3 rings (SSSR count). The number of hydrogen-bond donors (Lipinski definition) is 2. The maximum atomic E-state index is 12.7. The van der Waals surface area contributed by atoms with E-state index in [9.17, 15) is 19.8 Å². The Morgan fingerprint density at radius 1 is 0.769 bits per heavy atom. The minimum absolute atomic E-state index is 0.0255. The molecule has 2 aliphatic heterocycles. The number of carboxylic acids is 2.